The third kappa shape index (κ3) is 3.38. The molecule has 1 aromatic carbocycles. The normalized spacial score (nSPS) is 14.3. The predicted molar refractivity (Wildman–Crippen MR) is 85.4 cm³/mol. The van der Waals surface area contributed by atoms with Gasteiger partial charge < -0.3 is 5.32 Å². The minimum absolute atomic E-state index is 0.143. The zero-order valence-electron chi connectivity index (χ0n) is 11.4. The van der Waals surface area contributed by atoms with E-state index in [0.29, 0.717) is 0 Å². The highest BCUT2D eigenvalue weighted by molar-refractivity contribution is 7.16. The summed E-state index contributed by atoms with van der Waals surface area (Å²) in [4.78, 5) is 1.35. The van der Waals surface area contributed by atoms with Gasteiger partial charge in [0.25, 0.3) is 0 Å². The van der Waals surface area contributed by atoms with Gasteiger partial charge in [0.15, 0.2) is 0 Å². The fourth-order valence-electron chi connectivity index (χ4n) is 2.63. The summed E-state index contributed by atoms with van der Waals surface area (Å²) < 4.78 is 0.873. The van der Waals surface area contributed by atoms with Crippen LogP contribution in [-0.4, -0.2) is 13.6 Å². The smallest absolute Gasteiger partial charge is 0.0931 e. The number of nitrogens with one attached hydrogen (secondary N) is 1. The van der Waals surface area contributed by atoms with Gasteiger partial charge in [-0.15, -0.1) is 11.3 Å². The Morgan fingerprint density at radius 2 is 1.89 bits per heavy atom. The molecule has 1 heterocycles. The van der Waals surface area contributed by atoms with Crippen LogP contribution in [0.25, 0.3) is 0 Å². The minimum Gasteiger partial charge on any atom is -0.319 e. The molecule has 0 aliphatic rings. The molecule has 1 unspecified atom stereocenters. The Morgan fingerprint density at radius 3 is 2.42 bits per heavy atom. The number of rotatable bonds is 6. The Kier molecular flexibility index (Phi) is 5.03. The van der Waals surface area contributed by atoms with Crippen molar-refractivity contribution in [3.05, 3.63) is 57.2 Å². The first kappa shape index (κ1) is 14.6. The van der Waals surface area contributed by atoms with Crippen LogP contribution in [0.2, 0.25) is 4.34 Å². The minimum atomic E-state index is 0.143. The maximum Gasteiger partial charge on any atom is 0.0931 e. The molecule has 1 N–H and O–H groups in total. The van der Waals surface area contributed by atoms with Crippen LogP contribution in [0.3, 0.4) is 0 Å². The molecule has 0 bridgehead atoms. The second-order valence-electron chi connectivity index (χ2n) is 4.91. The van der Waals surface area contributed by atoms with Crippen molar-refractivity contribution >= 4 is 22.9 Å². The quantitative estimate of drug-likeness (QED) is 0.826. The number of likely N-dealkylation sites (N-methyl/N-ethyl adjacent to an activating group) is 1. The molecule has 3 heteroatoms. The van der Waals surface area contributed by atoms with E-state index in [1.807, 2.05) is 13.1 Å². The molecule has 0 spiro atoms. The van der Waals surface area contributed by atoms with Crippen molar-refractivity contribution in [2.75, 3.05) is 13.6 Å². The molecule has 0 radical (unpaired) electrons. The Labute approximate surface area is 124 Å². The topological polar surface area (TPSA) is 12.0 Å². The highest BCUT2D eigenvalue weighted by atomic mass is 35.5. The summed E-state index contributed by atoms with van der Waals surface area (Å²) in [6.45, 7) is 3.24. The second kappa shape index (κ2) is 6.56. The number of thiophene rings is 1. The van der Waals surface area contributed by atoms with E-state index in [9.17, 15) is 0 Å². The first-order valence-electron chi connectivity index (χ1n) is 6.64. The monoisotopic (exact) mass is 293 g/mol. The average Bonchev–Trinajstić information content (AvgIpc) is 2.84. The van der Waals surface area contributed by atoms with E-state index < -0.39 is 0 Å². The van der Waals surface area contributed by atoms with Crippen LogP contribution in [0.1, 0.15) is 23.8 Å². The maximum absolute atomic E-state index is 6.06. The first-order chi connectivity index (χ1) is 9.20. The van der Waals surface area contributed by atoms with Crippen LogP contribution < -0.4 is 5.32 Å². The van der Waals surface area contributed by atoms with Crippen LogP contribution in [0.4, 0.5) is 0 Å². The van der Waals surface area contributed by atoms with Gasteiger partial charge in [-0.1, -0.05) is 48.9 Å². The summed E-state index contributed by atoms with van der Waals surface area (Å²) in [7, 11) is 2.02. The molecule has 2 aromatic rings. The first-order valence-corrected chi connectivity index (χ1v) is 7.84. The lowest BCUT2D eigenvalue weighted by molar-refractivity contribution is 0.393. The van der Waals surface area contributed by atoms with Gasteiger partial charge in [0.2, 0.25) is 0 Å². The highest BCUT2D eigenvalue weighted by Crippen LogP contribution is 2.34. The summed E-state index contributed by atoms with van der Waals surface area (Å²) in [5, 5.41) is 3.36. The van der Waals surface area contributed by atoms with E-state index in [4.69, 9.17) is 11.6 Å². The summed E-state index contributed by atoms with van der Waals surface area (Å²) >= 11 is 7.75. The van der Waals surface area contributed by atoms with E-state index >= 15 is 0 Å². The van der Waals surface area contributed by atoms with E-state index in [-0.39, 0.29) is 5.41 Å². The van der Waals surface area contributed by atoms with Gasteiger partial charge in [-0.3, -0.25) is 0 Å². The summed E-state index contributed by atoms with van der Waals surface area (Å²) in [5.74, 6) is 0. The highest BCUT2D eigenvalue weighted by Gasteiger charge is 2.30. The molecule has 1 nitrogen and oxygen atoms in total. The molecule has 0 fully saturated rings. The van der Waals surface area contributed by atoms with Crippen molar-refractivity contribution in [1.29, 1.82) is 0 Å². The Hall–Kier alpha value is -0.830. The van der Waals surface area contributed by atoms with Gasteiger partial charge in [-0.2, -0.15) is 0 Å². The molecule has 19 heavy (non-hydrogen) atoms. The Balaban J connectivity index is 2.34. The average molecular weight is 294 g/mol. The van der Waals surface area contributed by atoms with E-state index in [0.717, 1.165) is 23.7 Å². The molecule has 1 atom stereocenters. The number of benzene rings is 1. The van der Waals surface area contributed by atoms with Crippen LogP contribution in [0, 0.1) is 0 Å². The molecule has 0 saturated carbocycles. The fraction of sp³-hybridized carbons (Fsp3) is 0.375. The van der Waals surface area contributed by atoms with Crippen LogP contribution >= 0.6 is 22.9 Å². The Bertz CT molecular complexity index is 508. The SMILES string of the molecule is CCC(CNC)(Cc1ccc(Cl)s1)c1ccccc1. The van der Waals surface area contributed by atoms with Crippen LogP contribution in [0.15, 0.2) is 42.5 Å². The molecule has 102 valence electrons. The molecule has 0 aliphatic carbocycles. The van der Waals surface area contributed by atoms with Crippen molar-refractivity contribution in [2.45, 2.75) is 25.2 Å². The molecule has 0 amide bonds. The molecular weight excluding hydrogens is 274 g/mol. The van der Waals surface area contributed by atoms with Crippen LogP contribution in [-0.2, 0) is 11.8 Å². The van der Waals surface area contributed by atoms with E-state index in [1.165, 1.54) is 10.4 Å². The summed E-state index contributed by atoms with van der Waals surface area (Å²) in [6, 6.07) is 14.9. The largest absolute Gasteiger partial charge is 0.319 e. The van der Waals surface area contributed by atoms with Crippen molar-refractivity contribution in [2.24, 2.45) is 0 Å². The van der Waals surface area contributed by atoms with Gasteiger partial charge >= 0.3 is 0 Å². The standard InChI is InChI=1S/C16H20ClNS/c1-3-16(12-18-2,13-7-5-4-6-8-13)11-14-9-10-15(17)19-14/h4-10,18H,3,11-12H2,1-2H3. The van der Waals surface area contributed by atoms with E-state index in [1.54, 1.807) is 11.3 Å². The molecule has 0 aliphatic heterocycles. The molecular formula is C16H20ClNS. The summed E-state index contributed by atoms with van der Waals surface area (Å²) in [6.07, 6.45) is 2.14. The lowest BCUT2D eigenvalue weighted by atomic mass is 9.75. The predicted octanol–water partition coefficient (Wildman–Crippen LogP) is 4.51. The van der Waals surface area contributed by atoms with Gasteiger partial charge in [-0.05, 0) is 37.6 Å². The molecule has 0 saturated heterocycles. The number of hydrogen-bond acceptors (Lipinski definition) is 2. The third-order valence-corrected chi connectivity index (χ3v) is 4.95. The van der Waals surface area contributed by atoms with Crippen molar-refractivity contribution in [3.8, 4) is 0 Å². The number of halogens is 1. The lowest BCUT2D eigenvalue weighted by Crippen LogP contribution is -2.38. The zero-order chi connectivity index (χ0) is 13.7. The van der Waals surface area contributed by atoms with Crippen molar-refractivity contribution in [1.82, 2.24) is 5.32 Å². The molecule has 2 rings (SSSR count). The lowest BCUT2D eigenvalue weighted by Gasteiger charge is -2.33. The van der Waals surface area contributed by atoms with Gasteiger partial charge in [0.05, 0.1) is 4.34 Å². The summed E-state index contributed by atoms with van der Waals surface area (Å²) in [5.41, 5.74) is 1.54. The molecule has 1 aromatic heterocycles. The van der Waals surface area contributed by atoms with Gasteiger partial charge in [-0.25, -0.2) is 0 Å². The van der Waals surface area contributed by atoms with E-state index in [2.05, 4.69) is 48.6 Å². The zero-order valence-corrected chi connectivity index (χ0v) is 13.0. The Morgan fingerprint density at radius 1 is 1.16 bits per heavy atom. The second-order valence-corrected chi connectivity index (χ2v) is 6.71. The maximum atomic E-state index is 6.06. The van der Waals surface area contributed by atoms with Crippen LogP contribution in [0.5, 0.6) is 0 Å². The van der Waals surface area contributed by atoms with Gasteiger partial charge in [0.1, 0.15) is 0 Å². The van der Waals surface area contributed by atoms with Gasteiger partial charge in [0, 0.05) is 16.8 Å². The third-order valence-electron chi connectivity index (χ3n) is 3.72. The van der Waals surface area contributed by atoms with Crippen molar-refractivity contribution in [3.63, 3.8) is 0 Å². The fourth-order valence-corrected chi connectivity index (χ4v) is 3.86. The van der Waals surface area contributed by atoms with Crippen molar-refractivity contribution < 1.29 is 0 Å². The number of hydrogen-bond donors (Lipinski definition) is 1.